The van der Waals surface area contributed by atoms with E-state index in [2.05, 4.69) is 5.32 Å². The standard InChI is InChI=1S/C14H18N2O3/c1-10(17)9-15-14(19)11-4-6-12(7-5-11)16-8-2-3-13(16)18/h4-7,10,17H,2-3,8-9H2,1H3,(H,15,19). The number of carbonyl (C=O) groups excluding carboxylic acids is 2. The monoisotopic (exact) mass is 262 g/mol. The maximum atomic E-state index is 11.7. The van der Waals surface area contributed by atoms with Crippen molar-refractivity contribution in [2.45, 2.75) is 25.9 Å². The SMILES string of the molecule is CC(O)CNC(=O)c1ccc(N2CCCC2=O)cc1. The molecule has 0 saturated carbocycles. The van der Waals surface area contributed by atoms with Crippen molar-refractivity contribution in [2.75, 3.05) is 18.0 Å². The van der Waals surface area contributed by atoms with Crippen LogP contribution in [0.2, 0.25) is 0 Å². The molecule has 1 saturated heterocycles. The summed E-state index contributed by atoms with van der Waals surface area (Å²) < 4.78 is 0. The van der Waals surface area contributed by atoms with Crippen molar-refractivity contribution in [2.24, 2.45) is 0 Å². The molecule has 102 valence electrons. The number of rotatable bonds is 4. The number of amides is 2. The number of hydrogen-bond donors (Lipinski definition) is 2. The second-order valence-corrected chi connectivity index (χ2v) is 4.75. The van der Waals surface area contributed by atoms with Crippen LogP contribution in [0.4, 0.5) is 5.69 Å². The van der Waals surface area contributed by atoms with E-state index in [-0.39, 0.29) is 18.4 Å². The molecular formula is C14H18N2O3. The average Bonchev–Trinajstić information content (AvgIpc) is 2.82. The van der Waals surface area contributed by atoms with Crippen LogP contribution >= 0.6 is 0 Å². The number of aliphatic hydroxyl groups excluding tert-OH is 1. The number of benzene rings is 1. The second kappa shape index (κ2) is 5.84. The van der Waals surface area contributed by atoms with Crippen molar-refractivity contribution < 1.29 is 14.7 Å². The highest BCUT2D eigenvalue weighted by molar-refractivity contribution is 5.97. The molecule has 19 heavy (non-hydrogen) atoms. The Morgan fingerprint density at radius 2 is 2.11 bits per heavy atom. The van der Waals surface area contributed by atoms with E-state index in [4.69, 9.17) is 5.11 Å². The van der Waals surface area contributed by atoms with E-state index in [9.17, 15) is 9.59 Å². The third-order valence-corrected chi connectivity index (χ3v) is 3.07. The molecule has 0 aliphatic carbocycles. The number of hydrogen-bond acceptors (Lipinski definition) is 3. The largest absolute Gasteiger partial charge is 0.392 e. The molecule has 1 aliphatic rings. The molecule has 1 fully saturated rings. The summed E-state index contributed by atoms with van der Waals surface area (Å²) in [6, 6.07) is 6.94. The van der Waals surface area contributed by atoms with Gasteiger partial charge in [-0.25, -0.2) is 0 Å². The van der Waals surface area contributed by atoms with E-state index in [1.807, 2.05) is 0 Å². The topological polar surface area (TPSA) is 69.6 Å². The first-order chi connectivity index (χ1) is 9.08. The van der Waals surface area contributed by atoms with Crippen LogP contribution < -0.4 is 10.2 Å². The molecule has 1 unspecified atom stereocenters. The highest BCUT2D eigenvalue weighted by atomic mass is 16.3. The fourth-order valence-corrected chi connectivity index (χ4v) is 2.06. The van der Waals surface area contributed by atoms with Gasteiger partial charge in [-0.1, -0.05) is 0 Å². The normalized spacial score (nSPS) is 16.5. The summed E-state index contributed by atoms with van der Waals surface area (Å²) in [6.45, 7) is 2.58. The smallest absolute Gasteiger partial charge is 0.251 e. The van der Waals surface area contributed by atoms with Crippen LogP contribution in [-0.4, -0.2) is 36.1 Å². The molecule has 2 amide bonds. The predicted molar refractivity (Wildman–Crippen MR) is 72.0 cm³/mol. The summed E-state index contributed by atoms with van der Waals surface area (Å²) in [4.78, 5) is 25.1. The van der Waals surface area contributed by atoms with Crippen LogP contribution in [0, 0.1) is 0 Å². The van der Waals surface area contributed by atoms with Gasteiger partial charge in [-0.05, 0) is 37.6 Å². The molecule has 0 radical (unpaired) electrons. The van der Waals surface area contributed by atoms with E-state index in [1.165, 1.54) is 0 Å². The van der Waals surface area contributed by atoms with E-state index in [1.54, 1.807) is 36.1 Å². The van der Waals surface area contributed by atoms with Crippen LogP contribution in [0.3, 0.4) is 0 Å². The Hall–Kier alpha value is -1.88. The molecule has 0 bridgehead atoms. The van der Waals surface area contributed by atoms with Crippen molar-refractivity contribution in [1.82, 2.24) is 5.32 Å². The highest BCUT2D eigenvalue weighted by Gasteiger charge is 2.21. The van der Waals surface area contributed by atoms with Crippen molar-refractivity contribution in [3.05, 3.63) is 29.8 Å². The maximum Gasteiger partial charge on any atom is 0.251 e. The van der Waals surface area contributed by atoms with E-state index in [0.717, 1.165) is 18.7 Å². The van der Waals surface area contributed by atoms with Gasteiger partial charge in [-0.3, -0.25) is 9.59 Å². The number of aliphatic hydroxyl groups is 1. The van der Waals surface area contributed by atoms with Crippen LogP contribution in [0.5, 0.6) is 0 Å². The van der Waals surface area contributed by atoms with E-state index >= 15 is 0 Å². The second-order valence-electron chi connectivity index (χ2n) is 4.75. The van der Waals surface area contributed by atoms with Gasteiger partial charge in [0.05, 0.1) is 6.10 Å². The Kier molecular flexibility index (Phi) is 4.16. The van der Waals surface area contributed by atoms with Crippen LogP contribution in [0.1, 0.15) is 30.1 Å². The van der Waals surface area contributed by atoms with E-state index in [0.29, 0.717) is 12.0 Å². The minimum atomic E-state index is -0.564. The number of anilines is 1. The molecule has 2 N–H and O–H groups in total. The van der Waals surface area contributed by atoms with Crippen molar-refractivity contribution in [3.8, 4) is 0 Å². The molecule has 1 aromatic rings. The Bertz CT molecular complexity index is 468. The van der Waals surface area contributed by atoms with Crippen molar-refractivity contribution in [3.63, 3.8) is 0 Å². The maximum absolute atomic E-state index is 11.7. The third-order valence-electron chi connectivity index (χ3n) is 3.07. The molecule has 5 nitrogen and oxygen atoms in total. The summed E-state index contributed by atoms with van der Waals surface area (Å²) in [5, 5.41) is 11.7. The molecule has 0 aromatic heterocycles. The van der Waals surface area contributed by atoms with Gasteiger partial charge in [0, 0.05) is 30.8 Å². The van der Waals surface area contributed by atoms with Gasteiger partial charge < -0.3 is 15.3 Å². The van der Waals surface area contributed by atoms with Crippen LogP contribution in [-0.2, 0) is 4.79 Å². The van der Waals surface area contributed by atoms with E-state index < -0.39 is 6.10 Å². The number of nitrogens with zero attached hydrogens (tertiary/aromatic N) is 1. The van der Waals surface area contributed by atoms with Gasteiger partial charge >= 0.3 is 0 Å². The first kappa shape index (κ1) is 13.5. The minimum Gasteiger partial charge on any atom is -0.392 e. The van der Waals surface area contributed by atoms with Crippen LogP contribution in [0.25, 0.3) is 0 Å². The lowest BCUT2D eigenvalue weighted by molar-refractivity contribution is -0.117. The van der Waals surface area contributed by atoms with Crippen LogP contribution in [0.15, 0.2) is 24.3 Å². The highest BCUT2D eigenvalue weighted by Crippen LogP contribution is 2.21. The first-order valence-corrected chi connectivity index (χ1v) is 6.44. The Morgan fingerprint density at radius 3 is 2.63 bits per heavy atom. The summed E-state index contributed by atoms with van der Waals surface area (Å²) in [7, 11) is 0. The minimum absolute atomic E-state index is 0.131. The molecule has 1 heterocycles. The zero-order valence-electron chi connectivity index (χ0n) is 10.9. The third kappa shape index (κ3) is 3.32. The lowest BCUT2D eigenvalue weighted by atomic mass is 10.2. The summed E-state index contributed by atoms with van der Waals surface area (Å²) in [5.74, 6) is -0.0912. The van der Waals surface area contributed by atoms with Crippen molar-refractivity contribution in [1.29, 1.82) is 0 Å². The van der Waals surface area contributed by atoms with Gasteiger partial charge in [0.2, 0.25) is 5.91 Å². The Morgan fingerprint density at radius 1 is 1.42 bits per heavy atom. The summed E-state index contributed by atoms with van der Waals surface area (Å²) in [6.07, 6.45) is 0.914. The fourth-order valence-electron chi connectivity index (χ4n) is 2.06. The molecule has 0 spiro atoms. The first-order valence-electron chi connectivity index (χ1n) is 6.44. The molecule has 1 aromatic carbocycles. The quantitative estimate of drug-likeness (QED) is 0.848. The molecule has 5 heteroatoms. The average molecular weight is 262 g/mol. The lowest BCUT2D eigenvalue weighted by Crippen LogP contribution is -2.30. The molecule has 1 aliphatic heterocycles. The fraction of sp³-hybridized carbons (Fsp3) is 0.429. The van der Waals surface area contributed by atoms with Gasteiger partial charge in [-0.15, -0.1) is 0 Å². The van der Waals surface area contributed by atoms with Gasteiger partial charge in [0.15, 0.2) is 0 Å². The number of carbonyl (C=O) groups is 2. The summed E-state index contributed by atoms with van der Waals surface area (Å²) in [5.41, 5.74) is 1.35. The molecule has 2 rings (SSSR count). The predicted octanol–water partition coefficient (Wildman–Crippen LogP) is 0.924. The zero-order chi connectivity index (χ0) is 13.8. The van der Waals surface area contributed by atoms with Gasteiger partial charge in [0.1, 0.15) is 0 Å². The molecule has 1 atom stereocenters. The number of nitrogens with one attached hydrogen (secondary N) is 1. The summed E-state index contributed by atoms with van der Waals surface area (Å²) >= 11 is 0. The van der Waals surface area contributed by atoms with Gasteiger partial charge in [-0.2, -0.15) is 0 Å². The zero-order valence-corrected chi connectivity index (χ0v) is 10.9. The van der Waals surface area contributed by atoms with Gasteiger partial charge in [0.25, 0.3) is 5.91 Å². The Labute approximate surface area is 112 Å². The van der Waals surface area contributed by atoms with Crippen molar-refractivity contribution >= 4 is 17.5 Å². The lowest BCUT2D eigenvalue weighted by Gasteiger charge is -2.16. The Balaban J connectivity index is 2.02. The molecular weight excluding hydrogens is 244 g/mol.